The Morgan fingerprint density at radius 1 is 1.27 bits per heavy atom. The fraction of sp³-hybridized carbons (Fsp3) is 0.462. The molecule has 0 amide bonds. The lowest BCUT2D eigenvalue weighted by Crippen LogP contribution is -2.38. The van der Waals surface area contributed by atoms with Crippen molar-refractivity contribution in [2.24, 2.45) is 7.05 Å². The summed E-state index contributed by atoms with van der Waals surface area (Å²) in [5.41, 5.74) is 4.94. The molecule has 0 atom stereocenters. The maximum atomic E-state index is 5.61. The fourth-order valence-electron chi connectivity index (χ4n) is 2.23. The molecule has 0 aromatic carbocycles. The van der Waals surface area contributed by atoms with Crippen LogP contribution in [0.3, 0.4) is 0 Å². The molecule has 0 aliphatic carbocycles. The molecule has 2 aromatic heterocycles. The van der Waals surface area contributed by atoms with Gasteiger partial charge in [0.2, 0.25) is 11.3 Å². The van der Waals surface area contributed by atoms with Crippen molar-refractivity contribution in [2.75, 3.05) is 0 Å². The zero-order valence-corrected chi connectivity index (χ0v) is 10.1. The second-order valence-electron chi connectivity index (χ2n) is 4.47. The highest BCUT2D eigenvalue weighted by Gasteiger charge is 2.23. The number of rotatable bonds is 1. The van der Waals surface area contributed by atoms with Gasteiger partial charge in [0.1, 0.15) is 7.05 Å². The van der Waals surface area contributed by atoms with Crippen LogP contribution in [0.2, 0.25) is 0 Å². The quantitative estimate of drug-likeness (QED) is 0.653. The summed E-state index contributed by atoms with van der Waals surface area (Å²) in [6, 6.07) is 2.06. The van der Waals surface area contributed by atoms with Gasteiger partial charge in [-0.1, -0.05) is 13.8 Å². The van der Waals surface area contributed by atoms with E-state index in [0.717, 1.165) is 5.58 Å². The lowest BCUT2D eigenvalue weighted by Gasteiger charge is -2.08. The number of aromatic nitrogens is 1. The first kappa shape index (κ1) is 10.2. The van der Waals surface area contributed by atoms with Crippen molar-refractivity contribution < 1.29 is 8.98 Å². The second kappa shape index (κ2) is 3.37. The van der Waals surface area contributed by atoms with Gasteiger partial charge >= 0.3 is 0 Å². The third-order valence-electron chi connectivity index (χ3n) is 3.26. The summed E-state index contributed by atoms with van der Waals surface area (Å²) in [7, 11) is 2.11. The third-order valence-corrected chi connectivity index (χ3v) is 3.26. The molecule has 2 rings (SSSR count). The van der Waals surface area contributed by atoms with Crippen molar-refractivity contribution in [3.63, 3.8) is 0 Å². The van der Waals surface area contributed by atoms with Crippen LogP contribution >= 0.6 is 0 Å². The van der Waals surface area contributed by atoms with Crippen molar-refractivity contribution in [3.8, 4) is 0 Å². The summed E-state index contributed by atoms with van der Waals surface area (Å²) in [5, 5.41) is 1.24. The van der Waals surface area contributed by atoms with E-state index in [0.29, 0.717) is 5.92 Å². The maximum Gasteiger partial charge on any atom is 0.227 e. The summed E-state index contributed by atoms with van der Waals surface area (Å²) in [4.78, 5) is 0. The Morgan fingerprint density at radius 2 is 1.93 bits per heavy atom. The summed E-state index contributed by atoms with van der Waals surface area (Å²) in [6.07, 6.45) is 1.78. The number of nitrogens with zero attached hydrogens (tertiary/aromatic N) is 1. The highest BCUT2D eigenvalue weighted by atomic mass is 16.3. The van der Waals surface area contributed by atoms with Gasteiger partial charge in [0, 0.05) is 23.8 Å². The Labute approximate surface area is 90.5 Å². The first-order chi connectivity index (χ1) is 7.04. The molecule has 0 unspecified atom stereocenters. The molecule has 0 bridgehead atoms. The molecular weight excluding hydrogens is 186 g/mol. The number of furan rings is 1. The monoisotopic (exact) mass is 204 g/mol. The minimum Gasteiger partial charge on any atom is -0.458 e. The van der Waals surface area contributed by atoms with Gasteiger partial charge in [0.25, 0.3) is 0 Å². The van der Waals surface area contributed by atoms with Crippen LogP contribution in [0.1, 0.15) is 36.7 Å². The van der Waals surface area contributed by atoms with Crippen molar-refractivity contribution in [1.29, 1.82) is 0 Å². The SMILES string of the molecule is Cc1c(C)[n+](C)c(C(C)C)c2occc12. The maximum absolute atomic E-state index is 5.61. The molecule has 15 heavy (non-hydrogen) atoms. The molecule has 2 aromatic rings. The van der Waals surface area contributed by atoms with E-state index in [-0.39, 0.29) is 0 Å². The van der Waals surface area contributed by atoms with E-state index in [1.54, 1.807) is 6.26 Å². The predicted octanol–water partition coefficient (Wildman–Crippen LogP) is 3.00. The molecule has 2 heteroatoms. The number of hydrogen-bond donors (Lipinski definition) is 0. The smallest absolute Gasteiger partial charge is 0.227 e. The van der Waals surface area contributed by atoms with E-state index in [2.05, 4.69) is 45.4 Å². The zero-order chi connectivity index (χ0) is 11.2. The van der Waals surface area contributed by atoms with Crippen LogP contribution in [0.5, 0.6) is 0 Å². The van der Waals surface area contributed by atoms with E-state index in [4.69, 9.17) is 4.42 Å². The van der Waals surface area contributed by atoms with E-state index in [9.17, 15) is 0 Å². The van der Waals surface area contributed by atoms with Crippen LogP contribution in [-0.4, -0.2) is 0 Å². The van der Waals surface area contributed by atoms with Crippen LogP contribution in [0.4, 0.5) is 0 Å². The van der Waals surface area contributed by atoms with Crippen LogP contribution < -0.4 is 4.57 Å². The normalized spacial score (nSPS) is 11.6. The molecule has 2 heterocycles. The van der Waals surface area contributed by atoms with Gasteiger partial charge in [0.15, 0.2) is 5.69 Å². The van der Waals surface area contributed by atoms with Gasteiger partial charge in [-0.15, -0.1) is 0 Å². The average Bonchev–Trinajstić information content (AvgIpc) is 2.62. The first-order valence-electron chi connectivity index (χ1n) is 5.40. The van der Waals surface area contributed by atoms with Crippen LogP contribution in [-0.2, 0) is 7.05 Å². The van der Waals surface area contributed by atoms with Crippen LogP contribution in [0, 0.1) is 13.8 Å². The molecule has 0 fully saturated rings. The van der Waals surface area contributed by atoms with Gasteiger partial charge in [-0.2, -0.15) is 4.57 Å². The lowest BCUT2D eigenvalue weighted by molar-refractivity contribution is -0.685. The standard InChI is InChI=1S/C13H18NO/c1-8(2)12-13-11(6-7-15-13)9(3)10(4)14(12)5/h6-8H,1-5H3/q+1. The number of aryl methyl sites for hydroxylation is 1. The number of pyridine rings is 1. The Hall–Kier alpha value is -1.31. The predicted molar refractivity (Wildman–Crippen MR) is 61.0 cm³/mol. The Kier molecular flexibility index (Phi) is 2.29. The molecule has 0 N–H and O–H groups in total. The van der Waals surface area contributed by atoms with Crippen LogP contribution in [0.15, 0.2) is 16.7 Å². The Morgan fingerprint density at radius 3 is 2.53 bits per heavy atom. The third kappa shape index (κ3) is 1.36. The van der Waals surface area contributed by atoms with Gasteiger partial charge in [-0.25, -0.2) is 0 Å². The minimum atomic E-state index is 0.475. The minimum absolute atomic E-state index is 0.475. The molecule has 80 valence electrons. The number of fused-ring (bicyclic) bond motifs is 1. The zero-order valence-electron chi connectivity index (χ0n) is 10.1. The van der Waals surface area contributed by atoms with Crippen molar-refractivity contribution >= 4 is 11.0 Å². The molecule has 0 saturated heterocycles. The van der Waals surface area contributed by atoms with E-state index >= 15 is 0 Å². The fourth-order valence-corrected chi connectivity index (χ4v) is 2.23. The van der Waals surface area contributed by atoms with Gasteiger partial charge in [-0.3, -0.25) is 0 Å². The topological polar surface area (TPSA) is 17.0 Å². The highest BCUT2D eigenvalue weighted by molar-refractivity contribution is 5.82. The molecule has 0 aliphatic rings. The van der Waals surface area contributed by atoms with Gasteiger partial charge < -0.3 is 4.42 Å². The number of hydrogen-bond acceptors (Lipinski definition) is 1. The van der Waals surface area contributed by atoms with Gasteiger partial charge in [0.05, 0.1) is 6.26 Å². The van der Waals surface area contributed by atoms with Crippen LogP contribution in [0.25, 0.3) is 11.0 Å². The van der Waals surface area contributed by atoms with Gasteiger partial charge in [-0.05, 0) is 13.0 Å². The second-order valence-corrected chi connectivity index (χ2v) is 4.47. The Bertz CT molecular complexity index is 509. The molecular formula is C13H18NO+. The summed E-state index contributed by atoms with van der Waals surface area (Å²) in [6.45, 7) is 8.71. The molecule has 0 saturated carbocycles. The van der Waals surface area contributed by atoms with Crippen molar-refractivity contribution in [3.05, 3.63) is 29.3 Å². The lowest BCUT2D eigenvalue weighted by atomic mass is 10.0. The van der Waals surface area contributed by atoms with Crippen molar-refractivity contribution in [2.45, 2.75) is 33.6 Å². The summed E-state index contributed by atoms with van der Waals surface area (Å²) < 4.78 is 7.85. The van der Waals surface area contributed by atoms with E-state index < -0.39 is 0 Å². The molecule has 0 radical (unpaired) electrons. The largest absolute Gasteiger partial charge is 0.458 e. The summed E-state index contributed by atoms with van der Waals surface area (Å²) in [5.74, 6) is 0.475. The summed E-state index contributed by atoms with van der Waals surface area (Å²) >= 11 is 0. The van der Waals surface area contributed by atoms with E-state index in [1.807, 2.05) is 0 Å². The molecule has 2 nitrogen and oxygen atoms in total. The Balaban J connectivity index is 2.94. The first-order valence-corrected chi connectivity index (χ1v) is 5.40. The van der Waals surface area contributed by atoms with E-state index in [1.165, 1.54) is 22.3 Å². The van der Waals surface area contributed by atoms with Crippen molar-refractivity contribution in [1.82, 2.24) is 0 Å². The molecule has 0 aliphatic heterocycles. The highest BCUT2D eigenvalue weighted by Crippen LogP contribution is 2.26. The average molecular weight is 204 g/mol. The molecule has 0 spiro atoms.